The molecule has 1 amide bonds. The van der Waals surface area contributed by atoms with Crippen LogP contribution in [0.25, 0.3) is 5.69 Å². The molecule has 23 heavy (non-hydrogen) atoms. The highest BCUT2D eigenvalue weighted by Gasteiger charge is 2.16. The first kappa shape index (κ1) is 17.1. The molecule has 0 bridgehead atoms. The zero-order chi connectivity index (χ0) is 16.7. The van der Waals surface area contributed by atoms with Gasteiger partial charge >= 0.3 is 0 Å². The first-order valence-electron chi connectivity index (χ1n) is 7.86. The van der Waals surface area contributed by atoms with E-state index in [9.17, 15) is 9.18 Å². The van der Waals surface area contributed by atoms with Crippen LogP contribution in [0.4, 0.5) is 4.39 Å². The van der Waals surface area contributed by atoms with Crippen LogP contribution in [-0.4, -0.2) is 35.4 Å². The van der Waals surface area contributed by atoms with E-state index in [0.29, 0.717) is 31.7 Å². The number of hydrogen-bond acceptors (Lipinski definition) is 3. The van der Waals surface area contributed by atoms with Gasteiger partial charge < -0.3 is 10.1 Å². The topological polar surface area (TPSA) is 56.1 Å². The molecule has 6 heteroatoms. The average Bonchev–Trinajstić information content (AvgIpc) is 2.99. The van der Waals surface area contributed by atoms with Gasteiger partial charge in [-0.3, -0.25) is 4.79 Å². The van der Waals surface area contributed by atoms with Crippen LogP contribution in [0.15, 0.2) is 30.5 Å². The molecule has 0 saturated carbocycles. The molecule has 0 spiro atoms. The van der Waals surface area contributed by atoms with Crippen molar-refractivity contribution in [2.24, 2.45) is 0 Å². The summed E-state index contributed by atoms with van der Waals surface area (Å²) in [5.41, 5.74) is 2.09. The van der Waals surface area contributed by atoms with Crippen LogP contribution in [0.2, 0.25) is 0 Å². The highest BCUT2D eigenvalue weighted by atomic mass is 19.1. The first-order chi connectivity index (χ1) is 11.2. The summed E-state index contributed by atoms with van der Waals surface area (Å²) in [7, 11) is 0. The van der Waals surface area contributed by atoms with Crippen LogP contribution in [0.5, 0.6) is 0 Å². The van der Waals surface area contributed by atoms with Gasteiger partial charge in [0.1, 0.15) is 5.82 Å². The molecule has 0 saturated heterocycles. The normalized spacial score (nSPS) is 10.7. The summed E-state index contributed by atoms with van der Waals surface area (Å²) < 4.78 is 20.0. The summed E-state index contributed by atoms with van der Waals surface area (Å²) in [6.07, 6.45) is 2.98. The van der Waals surface area contributed by atoms with Gasteiger partial charge in [0, 0.05) is 19.8 Å². The fraction of sp³-hybridized carbons (Fsp3) is 0.412. The number of ether oxygens (including phenoxy) is 1. The fourth-order valence-electron chi connectivity index (χ4n) is 2.32. The molecule has 5 nitrogen and oxygen atoms in total. The molecule has 1 N–H and O–H groups in total. The summed E-state index contributed by atoms with van der Waals surface area (Å²) >= 11 is 0. The van der Waals surface area contributed by atoms with Crippen LogP contribution in [0.1, 0.15) is 36.3 Å². The Hall–Kier alpha value is -2.21. The van der Waals surface area contributed by atoms with Gasteiger partial charge in [-0.15, -0.1) is 0 Å². The van der Waals surface area contributed by atoms with E-state index in [1.54, 1.807) is 23.0 Å². The molecular formula is C17H22FN3O2. The molecule has 0 aliphatic carbocycles. The Morgan fingerprint density at radius 3 is 2.70 bits per heavy atom. The molecule has 124 valence electrons. The number of halogens is 1. The first-order valence-corrected chi connectivity index (χ1v) is 7.86. The zero-order valence-corrected chi connectivity index (χ0v) is 13.5. The maximum Gasteiger partial charge on any atom is 0.254 e. The third-order valence-electron chi connectivity index (χ3n) is 3.47. The third kappa shape index (κ3) is 4.39. The summed E-state index contributed by atoms with van der Waals surface area (Å²) in [6, 6.07) is 6.05. The van der Waals surface area contributed by atoms with Gasteiger partial charge in [-0.1, -0.05) is 6.92 Å². The van der Waals surface area contributed by atoms with Crippen molar-refractivity contribution in [2.75, 3.05) is 19.8 Å². The third-order valence-corrected chi connectivity index (χ3v) is 3.47. The van der Waals surface area contributed by atoms with E-state index in [1.165, 1.54) is 12.1 Å². The number of carbonyl (C=O) groups is 1. The number of benzene rings is 1. The van der Waals surface area contributed by atoms with E-state index in [1.807, 2.05) is 13.8 Å². The van der Waals surface area contributed by atoms with Gasteiger partial charge in [0.15, 0.2) is 0 Å². The highest BCUT2D eigenvalue weighted by molar-refractivity contribution is 5.95. The number of hydrogen-bond donors (Lipinski definition) is 1. The zero-order valence-electron chi connectivity index (χ0n) is 13.5. The van der Waals surface area contributed by atoms with Crippen LogP contribution < -0.4 is 5.32 Å². The summed E-state index contributed by atoms with van der Waals surface area (Å²) in [5, 5.41) is 7.15. The van der Waals surface area contributed by atoms with Crippen LogP contribution >= 0.6 is 0 Å². The fourth-order valence-corrected chi connectivity index (χ4v) is 2.32. The van der Waals surface area contributed by atoms with E-state index in [4.69, 9.17) is 4.74 Å². The largest absolute Gasteiger partial charge is 0.382 e. The number of nitrogens with one attached hydrogen (secondary N) is 1. The van der Waals surface area contributed by atoms with E-state index >= 15 is 0 Å². The maximum absolute atomic E-state index is 13.0. The van der Waals surface area contributed by atoms with Gasteiger partial charge in [0.25, 0.3) is 5.91 Å². The quantitative estimate of drug-likeness (QED) is 0.761. The molecular weight excluding hydrogens is 297 g/mol. The molecule has 0 unspecified atom stereocenters. The van der Waals surface area contributed by atoms with Gasteiger partial charge in [0.2, 0.25) is 0 Å². The van der Waals surface area contributed by atoms with E-state index in [0.717, 1.165) is 17.8 Å². The monoisotopic (exact) mass is 319 g/mol. The number of carbonyl (C=O) groups excluding carboxylic acids is 1. The minimum absolute atomic E-state index is 0.147. The van der Waals surface area contributed by atoms with E-state index < -0.39 is 0 Å². The SMILES string of the molecule is CCOCCCNC(=O)c1cnn(-c2ccc(F)cc2)c1CC. The van der Waals surface area contributed by atoms with Crippen molar-refractivity contribution in [3.63, 3.8) is 0 Å². The molecule has 1 heterocycles. The number of rotatable bonds is 8. The second kappa shape index (κ2) is 8.43. The Kier molecular flexibility index (Phi) is 6.29. The number of nitrogens with zero attached hydrogens (tertiary/aromatic N) is 2. The number of aromatic nitrogens is 2. The lowest BCUT2D eigenvalue weighted by molar-refractivity contribution is 0.0943. The van der Waals surface area contributed by atoms with Gasteiger partial charge in [-0.25, -0.2) is 9.07 Å². The molecule has 0 aliphatic heterocycles. The molecule has 2 rings (SSSR count). The molecule has 0 aliphatic rings. The van der Waals surface area contributed by atoms with Crippen LogP contribution in [-0.2, 0) is 11.2 Å². The summed E-state index contributed by atoms with van der Waals surface area (Å²) in [4.78, 5) is 12.3. The molecule has 1 aromatic heterocycles. The van der Waals surface area contributed by atoms with Crippen molar-refractivity contribution in [3.05, 3.63) is 47.5 Å². The van der Waals surface area contributed by atoms with Crippen molar-refractivity contribution in [2.45, 2.75) is 26.7 Å². The molecule has 0 radical (unpaired) electrons. The highest BCUT2D eigenvalue weighted by Crippen LogP contribution is 2.16. The van der Waals surface area contributed by atoms with Gasteiger partial charge in [-0.05, 0) is 44.0 Å². The van der Waals surface area contributed by atoms with Gasteiger partial charge in [0.05, 0.1) is 23.1 Å². The van der Waals surface area contributed by atoms with Crippen molar-refractivity contribution in [1.82, 2.24) is 15.1 Å². The molecule has 0 atom stereocenters. The van der Waals surface area contributed by atoms with Crippen LogP contribution in [0, 0.1) is 5.82 Å². The lowest BCUT2D eigenvalue weighted by atomic mass is 10.2. The predicted molar refractivity (Wildman–Crippen MR) is 86.3 cm³/mol. The van der Waals surface area contributed by atoms with E-state index in [2.05, 4.69) is 10.4 Å². The van der Waals surface area contributed by atoms with Crippen molar-refractivity contribution < 1.29 is 13.9 Å². The summed E-state index contributed by atoms with van der Waals surface area (Å²) in [5.74, 6) is -0.446. The number of amides is 1. The Morgan fingerprint density at radius 1 is 1.30 bits per heavy atom. The second-order valence-electron chi connectivity index (χ2n) is 5.05. The van der Waals surface area contributed by atoms with Crippen molar-refractivity contribution in [3.8, 4) is 5.69 Å². The van der Waals surface area contributed by atoms with Gasteiger partial charge in [-0.2, -0.15) is 5.10 Å². The molecule has 0 fully saturated rings. The van der Waals surface area contributed by atoms with Crippen molar-refractivity contribution >= 4 is 5.91 Å². The summed E-state index contributed by atoms with van der Waals surface area (Å²) in [6.45, 7) is 5.77. The second-order valence-corrected chi connectivity index (χ2v) is 5.05. The minimum Gasteiger partial charge on any atom is -0.382 e. The smallest absolute Gasteiger partial charge is 0.254 e. The minimum atomic E-state index is -0.300. The average molecular weight is 319 g/mol. The Labute approximate surface area is 135 Å². The predicted octanol–water partition coefficient (Wildman–Crippen LogP) is 2.73. The van der Waals surface area contributed by atoms with Crippen LogP contribution in [0.3, 0.4) is 0 Å². The maximum atomic E-state index is 13.0. The van der Waals surface area contributed by atoms with Crippen molar-refractivity contribution in [1.29, 1.82) is 0 Å². The Bertz CT molecular complexity index is 638. The molecule has 1 aromatic carbocycles. The Balaban J connectivity index is 2.08. The lowest BCUT2D eigenvalue weighted by Gasteiger charge is -2.08. The van der Waals surface area contributed by atoms with E-state index in [-0.39, 0.29) is 11.7 Å². The molecule has 2 aromatic rings. The standard InChI is InChI=1S/C17H22FN3O2/c1-3-16-15(17(22)19-10-5-11-23-4-2)12-20-21(16)14-8-6-13(18)7-9-14/h6-9,12H,3-5,10-11H2,1-2H3,(H,19,22). The lowest BCUT2D eigenvalue weighted by Crippen LogP contribution is -2.26. The Morgan fingerprint density at radius 2 is 2.04 bits per heavy atom.